The summed E-state index contributed by atoms with van der Waals surface area (Å²) in [5.74, 6) is 0.471. The first-order valence-corrected chi connectivity index (χ1v) is 8.12. The van der Waals surface area contributed by atoms with Crippen molar-refractivity contribution in [3.8, 4) is 11.8 Å². The number of hydrogen-bond donors (Lipinski definition) is 0. The molecule has 2 saturated heterocycles. The number of hydrogen-bond acceptors (Lipinski definition) is 6. The number of ether oxygens (including phenoxy) is 2. The molecule has 0 saturated carbocycles. The zero-order valence-corrected chi connectivity index (χ0v) is 13.9. The Morgan fingerprint density at radius 2 is 2.19 bits per heavy atom. The lowest BCUT2D eigenvalue weighted by molar-refractivity contribution is -0.486. The van der Waals surface area contributed by atoms with Gasteiger partial charge in [-0.15, -0.1) is 0 Å². The monoisotopic (exact) mass is 359 g/mol. The first kappa shape index (κ1) is 17.6. The molecule has 0 bridgehead atoms. The lowest BCUT2D eigenvalue weighted by Crippen LogP contribution is -2.41. The zero-order chi connectivity index (χ0) is 18.5. The molecular weight excluding hydrogens is 342 g/mol. The molecule has 2 aliphatic heterocycles. The van der Waals surface area contributed by atoms with Gasteiger partial charge in [0.1, 0.15) is 10.9 Å². The summed E-state index contributed by atoms with van der Waals surface area (Å²) in [6.45, 7) is 2.48. The number of carbonyl (C=O) groups excluding carboxylic acids is 1. The Kier molecular flexibility index (Phi) is 5.28. The van der Waals surface area contributed by atoms with Crippen molar-refractivity contribution in [2.24, 2.45) is 11.0 Å². The minimum Gasteiger partial charge on any atom is -0.410 e. The van der Waals surface area contributed by atoms with Crippen LogP contribution in [-0.2, 0) is 4.74 Å². The van der Waals surface area contributed by atoms with E-state index in [9.17, 15) is 14.9 Å². The van der Waals surface area contributed by atoms with Crippen molar-refractivity contribution in [1.29, 1.82) is 5.26 Å². The topological polar surface area (TPSA) is 121 Å². The van der Waals surface area contributed by atoms with E-state index in [-0.39, 0.29) is 24.2 Å². The second kappa shape index (κ2) is 7.79. The van der Waals surface area contributed by atoms with Gasteiger partial charge in [-0.05, 0) is 30.7 Å². The summed E-state index contributed by atoms with van der Waals surface area (Å²) in [4.78, 5) is 26.2. The Morgan fingerprint density at radius 1 is 1.42 bits per heavy atom. The fourth-order valence-corrected chi connectivity index (χ4v) is 2.92. The number of nitriles is 1. The van der Waals surface area contributed by atoms with Crippen molar-refractivity contribution in [2.75, 3.05) is 32.8 Å². The fraction of sp³-hybridized carbons (Fsp3) is 0.438. The normalized spacial score (nSPS) is 21.0. The molecule has 3 rings (SSSR count). The van der Waals surface area contributed by atoms with Crippen molar-refractivity contribution >= 4 is 12.1 Å². The Labute approximate surface area is 149 Å². The predicted octanol–water partition coefficient (Wildman–Crippen LogP) is 1.26. The highest BCUT2D eigenvalue weighted by Crippen LogP contribution is 2.20. The van der Waals surface area contributed by atoms with Crippen molar-refractivity contribution in [3.05, 3.63) is 39.9 Å². The van der Waals surface area contributed by atoms with Crippen LogP contribution >= 0.6 is 0 Å². The van der Waals surface area contributed by atoms with Gasteiger partial charge in [0.2, 0.25) is 0 Å². The summed E-state index contributed by atoms with van der Waals surface area (Å²) < 4.78 is 10.6. The Bertz CT molecular complexity index is 751. The molecular formula is C16H17N5O5. The number of rotatable bonds is 4. The molecule has 0 spiro atoms. The van der Waals surface area contributed by atoms with E-state index in [2.05, 4.69) is 5.10 Å². The third kappa shape index (κ3) is 4.07. The van der Waals surface area contributed by atoms with Gasteiger partial charge >= 0.3 is 6.09 Å². The molecule has 0 aromatic heterocycles. The maximum Gasteiger partial charge on any atom is 0.422 e. The van der Waals surface area contributed by atoms with Gasteiger partial charge in [0, 0.05) is 25.6 Å². The van der Waals surface area contributed by atoms with Crippen molar-refractivity contribution in [3.63, 3.8) is 0 Å². The SMILES string of the molecule is N#Cc1ccc(OC(=O)N2CCN(CC3CCOC3)C2=N[N+](=O)[O-])cc1. The quantitative estimate of drug-likeness (QED) is 0.586. The Balaban J connectivity index is 1.71. The maximum absolute atomic E-state index is 12.4. The van der Waals surface area contributed by atoms with E-state index in [1.807, 2.05) is 6.07 Å². The molecule has 1 unspecified atom stereocenters. The molecule has 0 aliphatic carbocycles. The molecule has 26 heavy (non-hydrogen) atoms. The van der Waals surface area contributed by atoms with Gasteiger partial charge in [-0.2, -0.15) is 5.26 Å². The third-order valence-electron chi connectivity index (χ3n) is 4.20. The van der Waals surface area contributed by atoms with Crippen molar-refractivity contribution < 1.29 is 19.3 Å². The summed E-state index contributed by atoms with van der Waals surface area (Å²) >= 11 is 0. The zero-order valence-electron chi connectivity index (χ0n) is 13.9. The summed E-state index contributed by atoms with van der Waals surface area (Å²) in [6.07, 6.45) is 0.123. The van der Waals surface area contributed by atoms with Crippen LogP contribution in [0.2, 0.25) is 0 Å². The second-order valence-corrected chi connectivity index (χ2v) is 5.97. The third-order valence-corrected chi connectivity index (χ3v) is 4.20. The second-order valence-electron chi connectivity index (χ2n) is 5.97. The van der Waals surface area contributed by atoms with E-state index in [1.54, 1.807) is 4.90 Å². The van der Waals surface area contributed by atoms with E-state index in [0.29, 0.717) is 31.9 Å². The number of nitrogens with zero attached hydrogens (tertiary/aromatic N) is 5. The molecule has 1 atom stereocenters. The van der Waals surface area contributed by atoms with Crippen LogP contribution in [0.4, 0.5) is 4.79 Å². The molecule has 10 heteroatoms. The largest absolute Gasteiger partial charge is 0.422 e. The van der Waals surface area contributed by atoms with E-state index in [0.717, 1.165) is 11.3 Å². The number of guanidine groups is 1. The van der Waals surface area contributed by atoms with Gasteiger partial charge in [0.15, 0.2) is 5.03 Å². The van der Waals surface area contributed by atoms with Gasteiger partial charge in [-0.1, -0.05) is 0 Å². The molecule has 1 amide bonds. The summed E-state index contributed by atoms with van der Waals surface area (Å²) in [6, 6.07) is 7.99. The van der Waals surface area contributed by atoms with E-state index in [4.69, 9.17) is 14.7 Å². The Morgan fingerprint density at radius 3 is 2.81 bits per heavy atom. The van der Waals surface area contributed by atoms with Crippen LogP contribution in [0.15, 0.2) is 29.4 Å². The van der Waals surface area contributed by atoms with Crippen LogP contribution in [0, 0.1) is 27.4 Å². The molecule has 10 nitrogen and oxygen atoms in total. The lowest BCUT2D eigenvalue weighted by Gasteiger charge is -2.21. The van der Waals surface area contributed by atoms with E-state index >= 15 is 0 Å². The smallest absolute Gasteiger partial charge is 0.410 e. The van der Waals surface area contributed by atoms with Crippen LogP contribution < -0.4 is 4.74 Å². The molecule has 1 aromatic carbocycles. The summed E-state index contributed by atoms with van der Waals surface area (Å²) in [5.41, 5.74) is 0.437. The minimum atomic E-state index is -0.819. The predicted molar refractivity (Wildman–Crippen MR) is 88.8 cm³/mol. The van der Waals surface area contributed by atoms with Gasteiger partial charge in [-0.25, -0.2) is 19.8 Å². The van der Waals surface area contributed by atoms with Gasteiger partial charge in [0.25, 0.3) is 5.96 Å². The van der Waals surface area contributed by atoms with Crippen LogP contribution in [-0.4, -0.2) is 59.7 Å². The van der Waals surface area contributed by atoms with Crippen LogP contribution in [0.5, 0.6) is 5.75 Å². The number of nitro groups is 1. The standard InChI is InChI=1S/C16H17N5O5/c17-9-12-1-3-14(4-2-12)26-16(22)20-7-6-19(15(20)18-21(23)24)10-13-5-8-25-11-13/h1-4,13H,5-8,10-11H2. The van der Waals surface area contributed by atoms with Crippen LogP contribution in [0.25, 0.3) is 0 Å². The first-order chi connectivity index (χ1) is 12.6. The average Bonchev–Trinajstić information content (AvgIpc) is 3.26. The minimum absolute atomic E-state index is 0.0273. The molecule has 1 aromatic rings. The van der Waals surface area contributed by atoms with Crippen molar-refractivity contribution in [1.82, 2.24) is 9.80 Å². The van der Waals surface area contributed by atoms with Crippen molar-refractivity contribution in [2.45, 2.75) is 6.42 Å². The molecule has 0 N–H and O–H groups in total. The highest BCUT2D eigenvalue weighted by atomic mass is 16.7. The Hall–Kier alpha value is -3.19. The molecule has 2 fully saturated rings. The number of carbonyl (C=O) groups is 1. The van der Waals surface area contributed by atoms with E-state index in [1.165, 1.54) is 24.3 Å². The fourth-order valence-electron chi connectivity index (χ4n) is 2.92. The number of amides is 1. The van der Waals surface area contributed by atoms with Gasteiger partial charge < -0.3 is 14.4 Å². The molecule has 136 valence electrons. The first-order valence-electron chi connectivity index (χ1n) is 8.12. The molecule has 2 heterocycles. The van der Waals surface area contributed by atoms with Crippen LogP contribution in [0.3, 0.4) is 0 Å². The lowest BCUT2D eigenvalue weighted by atomic mass is 10.1. The molecule has 2 aliphatic rings. The van der Waals surface area contributed by atoms with Crippen LogP contribution in [0.1, 0.15) is 12.0 Å². The summed E-state index contributed by atoms with van der Waals surface area (Å²) in [5, 5.41) is 22.2. The highest BCUT2D eigenvalue weighted by Gasteiger charge is 2.37. The molecule has 0 radical (unpaired) electrons. The number of benzene rings is 1. The maximum atomic E-state index is 12.4. The number of hydrazone groups is 1. The average molecular weight is 359 g/mol. The van der Waals surface area contributed by atoms with Gasteiger partial charge in [-0.3, -0.25) is 0 Å². The highest BCUT2D eigenvalue weighted by molar-refractivity contribution is 5.96. The van der Waals surface area contributed by atoms with Gasteiger partial charge in [0.05, 0.1) is 24.8 Å². The van der Waals surface area contributed by atoms with E-state index < -0.39 is 11.1 Å². The summed E-state index contributed by atoms with van der Waals surface area (Å²) in [7, 11) is 0.